The number of carbonyl (C=O) groups is 1. The highest BCUT2D eigenvalue weighted by atomic mass is 32.2. The number of hydrogen-bond donors (Lipinski definition) is 2. The first-order valence-corrected chi connectivity index (χ1v) is 5.86. The van der Waals surface area contributed by atoms with E-state index in [2.05, 4.69) is 0 Å². The Morgan fingerprint density at radius 1 is 1.69 bits per heavy atom. The maximum Gasteiger partial charge on any atom is 0.346 e. The lowest BCUT2D eigenvalue weighted by Crippen LogP contribution is -2.02. The van der Waals surface area contributed by atoms with Crippen LogP contribution in [0, 0.1) is 0 Å². The van der Waals surface area contributed by atoms with Crippen LogP contribution in [-0.2, 0) is 5.75 Å². The zero-order valence-corrected chi connectivity index (χ0v) is 8.66. The molecular formula is C8H11NO2S2. The second-order valence-corrected chi connectivity index (χ2v) is 4.44. The Kier molecular flexibility index (Phi) is 4.27. The monoisotopic (exact) mass is 217 g/mol. The Balaban J connectivity index is 2.55. The molecule has 0 aliphatic heterocycles. The maximum absolute atomic E-state index is 10.7. The Morgan fingerprint density at radius 3 is 3.08 bits per heavy atom. The molecule has 0 aliphatic rings. The van der Waals surface area contributed by atoms with Crippen LogP contribution in [0.15, 0.2) is 11.4 Å². The molecule has 5 heteroatoms. The standard InChI is InChI=1S/C8H11NO2S2/c9-2-4-12-5-6-1-3-13-7(6)8(10)11/h1,3H,2,4-5,9H2,(H,10,11). The summed E-state index contributed by atoms with van der Waals surface area (Å²) in [5.74, 6) is 0.774. The highest BCUT2D eigenvalue weighted by Gasteiger charge is 2.10. The van der Waals surface area contributed by atoms with Crippen LogP contribution in [0.5, 0.6) is 0 Å². The SMILES string of the molecule is NCCSCc1ccsc1C(=O)O. The molecule has 1 aromatic rings. The molecule has 0 aliphatic carbocycles. The van der Waals surface area contributed by atoms with Gasteiger partial charge in [-0.3, -0.25) is 0 Å². The molecule has 1 aromatic heterocycles. The molecule has 0 saturated carbocycles. The summed E-state index contributed by atoms with van der Waals surface area (Å²) in [4.78, 5) is 11.1. The van der Waals surface area contributed by atoms with Crippen molar-refractivity contribution in [2.45, 2.75) is 5.75 Å². The van der Waals surface area contributed by atoms with Gasteiger partial charge in [-0.15, -0.1) is 11.3 Å². The molecule has 0 unspecified atom stereocenters. The highest BCUT2D eigenvalue weighted by molar-refractivity contribution is 7.98. The summed E-state index contributed by atoms with van der Waals surface area (Å²) in [6.07, 6.45) is 0. The molecule has 3 N–H and O–H groups in total. The van der Waals surface area contributed by atoms with E-state index in [1.807, 2.05) is 11.4 Å². The molecule has 0 radical (unpaired) electrons. The van der Waals surface area contributed by atoms with Gasteiger partial charge in [0.15, 0.2) is 0 Å². The van der Waals surface area contributed by atoms with Crippen molar-refractivity contribution >= 4 is 29.1 Å². The van der Waals surface area contributed by atoms with Crippen LogP contribution in [-0.4, -0.2) is 23.4 Å². The zero-order chi connectivity index (χ0) is 9.68. The summed E-state index contributed by atoms with van der Waals surface area (Å²) >= 11 is 2.93. The molecule has 72 valence electrons. The van der Waals surface area contributed by atoms with Crippen molar-refractivity contribution in [1.82, 2.24) is 0 Å². The van der Waals surface area contributed by atoms with E-state index in [-0.39, 0.29) is 0 Å². The first kappa shape index (κ1) is 10.6. The number of nitrogens with two attached hydrogens (primary N) is 1. The number of aromatic carboxylic acids is 1. The predicted octanol–water partition coefficient (Wildman–Crippen LogP) is 1.64. The Bertz CT molecular complexity index is 285. The normalized spacial score (nSPS) is 10.2. The molecule has 0 saturated heterocycles. The minimum Gasteiger partial charge on any atom is -0.477 e. The number of rotatable bonds is 5. The van der Waals surface area contributed by atoms with E-state index in [9.17, 15) is 4.79 Å². The summed E-state index contributed by atoms with van der Waals surface area (Å²) in [7, 11) is 0. The van der Waals surface area contributed by atoms with Crippen LogP contribution < -0.4 is 5.73 Å². The molecule has 13 heavy (non-hydrogen) atoms. The minimum atomic E-state index is -0.835. The van der Waals surface area contributed by atoms with Gasteiger partial charge in [0.2, 0.25) is 0 Å². The average Bonchev–Trinajstić information content (AvgIpc) is 2.53. The van der Waals surface area contributed by atoms with Crippen molar-refractivity contribution in [1.29, 1.82) is 0 Å². The lowest BCUT2D eigenvalue weighted by atomic mass is 10.3. The highest BCUT2D eigenvalue weighted by Crippen LogP contribution is 2.21. The predicted molar refractivity (Wildman–Crippen MR) is 56.5 cm³/mol. The third-order valence-electron chi connectivity index (χ3n) is 1.46. The lowest BCUT2D eigenvalue weighted by Gasteiger charge is -1.98. The van der Waals surface area contributed by atoms with Gasteiger partial charge in [0, 0.05) is 18.1 Å². The van der Waals surface area contributed by atoms with Crippen molar-refractivity contribution < 1.29 is 9.90 Å². The number of thioether (sulfide) groups is 1. The summed E-state index contributed by atoms with van der Waals surface area (Å²) in [6, 6.07) is 1.86. The molecular weight excluding hydrogens is 206 g/mol. The Labute approximate surface area is 85.0 Å². The first-order valence-electron chi connectivity index (χ1n) is 3.83. The summed E-state index contributed by atoms with van der Waals surface area (Å²) in [6.45, 7) is 0.636. The van der Waals surface area contributed by atoms with Gasteiger partial charge in [-0.2, -0.15) is 11.8 Å². The van der Waals surface area contributed by atoms with E-state index in [0.29, 0.717) is 11.4 Å². The molecule has 0 amide bonds. The molecule has 0 fully saturated rings. The van der Waals surface area contributed by atoms with E-state index >= 15 is 0 Å². The van der Waals surface area contributed by atoms with Crippen LogP contribution in [0.1, 0.15) is 15.2 Å². The van der Waals surface area contributed by atoms with Crippen molar-refractivity contribution in [3.8, 4) is 0 Å². The second-order valence-electron chi connectivity index (χ2n) is 2.42. The molecule has 0 spiro atoms. The largest absolute Gasteiger partial charge is 0.477 e. The van der Waals surface area contributed by atoms with Crippen molar-refractivity contribution in [3.05, 3.63) is 21.9 Å². The van der Waals surface area contributed by atoms with E-state index in [4.69, 9.17) is 10.8 Å². The number of thiophene rings is 1. The number of carboxylic acid groups (broad SMARTS) is 1. The van der Waals surface area contributed by atoms with E-state index in [0.717, 1.165) is 17.1 Å². The molecule has 3 nitrogen and oxygen atoms in total. The van der Waals surface area contributed by atoms with Crippen molar-refractivity contribution in [2.75, 3.05) is 12.3 Å². The summed E-state index contributed by atoms with van der Waals surface area (Å²) in [5.41, 5.74) is 6.23. The maximum atomic E-state index is 10.7. The van der Waals surface area contributed by atoms with Crippen molar-refractivity contribution in [3.63, 3.8) is 0 Å². The van der Waals surface area contributed by atoms with Crippen molar-refractivity contribution in [2.24, 2.45) is 5.73 Å². The van der Waals surface area contributed by atoms with Crippen LogP contribution in [0.2, 0.25) is 0 Å². The summed E-state index contributed by atoms with van der Waals surface area (Å²) in [5, 5.41) is 10.6. The second kappa shape index (κ2) is 5.26. The van der Waals surface area contributed by atoms with Crippen LogP contribution in [0.3, 0.4) is 0 Å². The third-order valence-corrected chi connectivity index (χ3v) is 3.44. The van der Waals surface area contributed by atoms with Gasteiger partial charge >= 0.3 is 5.97 Å². The van der Waals surface area contributed by atoms with Gasteiger partial charge in [-0.05, 0) is 17.0 Å². The molecule has 0 aromatic carbocycles. The fourth-order valence-electron chi connectivity index (χ4n) is 0.902. The number of carboxylic acids is 1. The van der Waals surface area contributed by atoms with Gasteiger partial charge < -0.3 is 10.8 Å². The van der Waals surface area contributed by atoms with Gasteiger partial charge in [-0.25, -0.2) is 4.79 Å². The van der Waals surface area contributed by atoms with Crippen LogP contribution in [0.25, 0.3) is 0 Å². The van der Waals surface area contributed by atoms with Gasteiger partial charge in [-0.1, -0.05) is 0 Å². The Hall–Kier alpha value is -0.520. The van der Waals surface area contributed by atoms with E-state index < -0.39 is 5.97 Å². The fourth-order valence-corrected chi connectivity index (χ4v) is 2.53. The zero-order valence-electron chi connectivity index (χ0n) is 7.03. The Morgan fingerprint density at radius 2 is 2.46 bits per heavy atom. The minimum absolute atomic E-state index is 0.449. The lowest BCUT2D eigenvalue weighted by molar-refractivity contribution is 0.0701. The van der Waals surface area contributed by atoms with Crippen LogP contribution >= 0.6 is 23.1 Å². The van der Waals surface area contributed by atoms with Gasteiger partial charge in [0.05, 0.1) is 0 Å². The van der Waals surface area contributed by atoms with Gasteiger partial charge in [0.1, 0.15) is 4.88 Å². The first-order chi connectivity index (χ1) is 6.25. The van der Waals surface area contributed by atoms with Gasteiger partial charge in [0.25, 0.3) is 0 Å². The summed E-state index contributed by atoms with van der Waals surface area (Å²) < 4.78 is 0. The molecule has 0 bridgehead atoms. The molecule has 0 atom stereocenters. The third kappa shape index (κ3) is 3.02. The smallest absolute Gasteiger partial charge is 0.346 e. The fraction of sp³-hybridized carbons (Fsp3) is 0.375. The quantitative estimate of drug-likeness (QED) is 0.736. The molecule has 1 heterocycles. The van der Waals surface area contributed by atoms with Crippen LogP contribution in [0.4, 0.5) is 0 Å². The van der Waals surface area contributed by atoms with E-state index in [1.165, 1.54) is 11.3 Å². The number of hydrogen-bond acceptors (Lipinski definition) is 4. The van der Waals surface area contributed by atoms with E-state index in [1.54, 1.807) is 11.8 Å². The topological polar surface area (TPSA) is 63.3 Å². The average molecular weight is 217 g/mol. The molecule has 1 rings (SSSR count).